The quantitative estimate of drug-likeness (QED) is 0.883. The van der Waals surface area contributed by atoms with Crippen LogP contribution < -0.4 is 5.32 Å². The van der Waals surface area contributed by atoms with Gasteiger partial charge in [-0.1, -0.05) is 0 Å². The van der Waals surface area contributed by atoms with Crippen molar-refractivity contribution in [2.24, 2.45) is 0 Å². The van der Waals surface area contributed by atoms with Crippen LogP contribution in [-0.2, 0) is 6.42 Å². The lowest BCUT2D eigenvalue weighted by Crippen LogP contribution is -2.50. The summed E-state index contributed by atoms with van der Waals surface area (Å²) < 4.78 is 0. The maximum atomic E-state index is 4.73. The highest BCUT2D eigenvalue weighted by atomic mass is 32.1. The zero-order valence-corrected chi connectivity index (χ0v) is 11.3. The molecule has 0 radical (unpaired) electrons. The fraction of sp³-hybridized carbons (Fsp3) is 0.462. The summed E-state index contributed by atoms with van der Waals surface area (Å²) in [6, 6.07) is 2.64. The molecule has 1 saturated heterocycles. The Bertz CT molecular complexity index is 491. The second-order valence-corrected chi connectivity index (χ2v) is 5.71. The Balaban J connectivity index is 1.70. The fourth-order valence-electron chi connectivity index (χ4n) is 2.31. The molecule has 2 N–H and O–H groups in total. The van der Waals surface area contributed by atoms with Gasteiger partial charge in [0.15, 0.2) is 0 Å². The number of H-pyrrole nitrogens is 1. The van der Waals surface area contributed by atoms with Crippen LogP contribution in [0, 0.1) is 0 Å². The SMILES string of the molecule is CN1CCNCC1Cc1nc(-c2cc[nH]c2)cs1. The molecular weight excluding hydrogens is 244 g/mol. The van der Waals surface area contributed by atoms with Gasteiger partial charge in [0.1, 0.15) is 0 Å². The van der Waals surface area contributed by atoms with Gasteiger partial charge in [-0.15, -0.1) is 11.3 Å². The van der Waals surface area contributed by atoms with Gasteiger partial charge in [-0.25, -0.2) is 4.98 Å². The minimum atomic E-state index is 0.573. The molecule has 2 aromatic heterocycles. The molecule has 0 aliphatic carbocycles. The first-order chi connectivity index (χ1) is 8.83. The van der Waals surface area contributed by atoms with E-state index >= 15 is 0 Å². The van der Waals surface area contributed by atoms with E-state index in [4.69, 9.17) is 4.98 Å². The molecule has 0 bridgehead atoms. The van der Waals surface area contributed by atoms with Crippen LogP contribution in [0.3, 0.4) is 0 Å². The second kappa shape index (κ2) is 5.22. The zero-order chi connectivity index (χ0) is 12.4. The van der Waals surface area contributed by atoms with Gasteiger partial charge in [-0.3, -0.25) is 0 Å². The molecular formula is C13H18N4S. The Kier molecular flexibility index (Phi) is 3.45. The molecule has 0 spiro atoms. The number of hydrogen-bond donors (Lipinski definition) is 2. The Morgan fingerprint density at radius 3 is 3.28 bits per heavy atom. The van der Waals surface area contributed by atoms with Crippen molar-refractivity contribution in [1.82, 2.24) is 20.2 Å². The van der Waals surface area contributed by atoms with Crippen LogP contribution in [0.1, 0.15) is 5.01 Å². The van der Waals surface area contributed by atoms with Crippen molar-refractivity contribution >= 4 is 11.3 Å². The predicted molar refractivity (Wildman–Crippen MR) is 74.9 cm³/mol. The van der Waals surface area contributed by atoms with Gasteiger partial charge < -0.3 is 15.2 Å². The van der Waals surface area contributed by atoms with Crippen molar-refractivity contribution in [2.45, 2.75) is 12.5 Å². The Hall–Kier alpha value is -1.17. The standard InChI is InChI=1S/C13H18N4S/c1-17-5-4-15-8-11(17)6-13-16-12(9-18-13)10-2-3-14-7-10/h2-3,7,9,11,14-15H,4-6,8H2,1H3. The third kappa shape index (κ3) is 2.48. The van der Waals surface area contributed by atoms with E-state index in [-0.39, 0.29) is 0 Å². The molecule has 3 rings (SSSR count). The molecule has 0 amide bonds. The van der Waals surface area contributed by atoms with Gasteiger partial charge >= 0.3 is 0 Å². The summed E-state index contributed by atoms with van der Waals surface area (Å²) in [7, 11) is 2.20. The van der Waals surface area contributed by atoms with Crippen LogP contribution in [0.2, 0.25) is 0 Å². The van der Waals surface area contributed by atoms with E-state index in [1.165, 1.54) is 10.6 Å². The average Bonchev–Trinajstić information content (AvgIpc) is 3.02. The first kappa shape index (κ1) is 11.9. The summed E-state index contributed by atoms with van der Waals surface area (Å²) in [4.78, 5) is 10.2. The zero-order valence-electron chi connectivity index (χ0n) is 10.5. The van der Waals surface area contributed by atoms with E-state index in [9.17, 15) is 0 Å². The number of thiazole rings is 1. The third-order valence-corrected chi connectivity index (χ3v) is 4.37. The van der Waals surface area contributed by atoms with E-state index in [1.54, 1.807) is 11.3 Å². The van der Waals surface area contributed by atoms with Crippen LogP contribution in [0.15, 0.2) is 23.8 Å². The lowest BCUT2D eigenvalue weighted by Gasteiger charge is -2.32. The number of nitrogens with one attached hydrogen (secondary N) is 2. The van der Waals surface area contributed by atoms with Gasteiger partial charge in [0.25, 0.3) is 0 Å². The summed E-state index contributed by atoms with van der Waals surface area (Å²) in [6.07, 6.45) is 4.97. The molecule has 1 unspecified atom stereocenters. The number of hydrogen-bond acceptors (Lipinski definition) is 4. The van der Waals surface area contributed by atoms with E-state index < -0.39 is 0 Å². The molecule has 4 nitrogen and oxygen atoms in total. The summed E-state index contributed by atoms with van der Waals surface area (Å²) in [5.74, 6) is 0. The molecule has 5 heteroatoms. The molecule has 96 valence electrons. The average molecular weight is 262 g/mol. The lowest BCUT2D eigenvalue weighted by atomic mass is 10.1. The molecule has 1 fully saturated rings. The Morgan fingerprint density at radius 1 is 1.56 bits per heavy atom. The highest BCUT2D eigenvalue weighted by Crippen LogP contribution is 2.22. The smallest absolute Gasteiger partial charge is 0.0948 e. The predicted octanol–water partition coefficient (Wildman–Crippen LogP) is 1.58. The molecule has 1 atom stereocenters. The Labute approximate surface area is 111 Å². The van der Waals surface area contributed by atoms with E-state index in [0.717, 1.165) is 31.7 Å². The van der Waals surface area contributed by atoms with Crippen LogP contribution in [0.5, 0.6) is 0 Å². The summed E-state index contributed by atoms with van der Waals surface area (Å²) in [5, 5.41) is 6.83. The lowest BCUT2D eigenvalue weighted by molar-refractivity contribution is 0.199. The van der Waals surface area contributed by atoms with Crippen molar-refractivity contribution < 1.29 is 0 Å². The molecule has 0 saturated carbocycles. The van der Waals surface area contributed by atoms with Gasteiger partial charge in [0.2, 0.25) is 0 Å². The number of aromatic amines is 1. The highest BCUT2D eigenvalue weighted by molar-refractivity contribution is 7.09. The number of nitrogens with zero attached hydrogens (tertiary/aromatic N) is 2. The number of rotatable bonds is 3. The molecule has 0 aromatic carbocycles. The Morgan fingerprint density at radius 2 is 2.50 bits per heavy atom. The number of likely N-dealkylation sites (N-methyl/N-ethyl adjacent to an activating group) is 1. The largest absolute Gasteiger partial charge is 0.367 e. The minimum Gasteiger partial charge on any atom is -0.367 e. The summed E-state index contributed by atoms with van der Waals surface area (Å²) in [5.41, 5.74) is 2.26. The van der Waals surface area contributed by atoms with Crippen LogP contribution >= 0.6 is 11.3 Å². The van der Waals surface area contributed by atoms with Crippen molar-refractivity contribution in [3.8, 4) is 11.3 Å². The topological polar surface area (TPSA) is 44.0 Å². The monoisotopic (exact) mass is 262 g/mol. The van der Waals surface area contributed by atoms with Crippen molar-refractivity contribution in [2.75, 3.05) is 26.7 Å². The van der Waals surface area contributed by atoms with Crippen molar-refractivity contribution in [3.05, 3.63) is 28.8 Å². The number of piperazine rings is 1. The van der Waals surface area contributed by atoms with Gasteiger partial charge in [0.05, 0.1) is 10.7 Å². The molecule has 18 heavy (non-hydrogen) atoms. The molecule has 1 aliphatic heterocycles. The summed E-state index contributed by atoms with van der Waals surface area (Å²) in [6.45, 7) is 3.29. The maximum absolute atomic E-state index is 4.73. The minimum absolute atomic E-state index is 0.573. The van der Waals surface area contributed by atoms with E-state index in [2.05, 4.69) is 33.7 Å². The molecule has 2 aromatic rings. The van der Waals surface area contributed by atoms with E-state index in [0.29, 0.717) is 6.04 Å². The third-order valence-electron chi connectivity index (χ3n) is 3.50. The van der Waals surface area contributed by atoms with Crippen molar-refractivity contribution in [3.63, 3.8) is 0 Å². The first-order valence-corrected chi connectivity index (χ1v) is 7.19. The van der Waals surface area contributed by atoms with Gasteiger partial charge in [-0.05, 0) is 13.1 Å². The molecule has 3 heterocycles. The fourth-order valence-corrected chi connectivity index (χ4v) is 3.19. The number of aromatic nitrogens is 2. The van der Waals surface area contributed by atoms with Gasteiger partial charge in [0, 0.05) is 55.4 Å². The maximum Gasteiger partial charge on any atom is 0.0948 e. The van der Waals surface area contributed by atoms with Crippen molar-refractivity contribution in [1.29, 1.82) is 0 Å². The van der Waals surface area contributed by atoms with Crippen LogP contribution in [0.25, 0.3) is 11.3 Å². The van der Waals surface area contributed by atoms with Crippen LogP contribution in [0.4, 0.5) is 0 Å². The highest BCUT2D eigenvalue weighted by Gasteiger charge is 2.20. The van der Waals surface area contributed by atoms with Crippen LogP contribution in [-0.4, -0.2) is 47.6 Å². The first-order valence-electron chi connectivity index (χ1n) is 6.31. The normalized spacial score (nSPS) is 21.3. The molecule has 1 aliphatic rings. The van der Waals surface area contributed by atoms with Gasteiger partial charge in [-0.2, -0.15) is 0 Å². The second-order valence-electron chi connectivity index (χ2n) is 4.77. The van der Waals surface area contributed by atoms with E-state index in [1.807, 2.05) is 12.4 Å². The summed E-state index contributed by atoms with van der Waals surface area (Å²) >= 11 is 1.76.